The molecule has 0 bridgehead atoms. The maximum absolute atomic E-state index is 12.3. The van der Waals surface area contributed by atoms with Gasteiger partial charge in [0.2, 0.25) is 10.0 Å². The van der Waals surface area contributed by atoms with Crippen molar-refractivity contribution in [1.29, 1.82) is 0 Å². The Hall–Kier alpha value is -2.02. The number of aromatic nitrogens is 1. The molecular weight excluding hydrogens is 340 g/mol. The summed E-state index contributed by atoms with van der Waals surface area (Å²) in [7, 11) is -3.38. The van der Waals surface area contributed by atoms with Gasteiger partial charge < -0.3 is 0 Å². The van der Waals surface area contributed by atoms with E-state index in [1.165, 1.54) is 0 Å². The molecule has 0 radical (unpaired) electrons. The van der Waals surface area contributed by atoms with Crippen LogP contribution in [0.15, 0.2) is 60.1 Å². The Morgan fingerprint density at radius 3 is 2.71 bits per heavy atom. The van der Waals surface area contributed by atoms with Crippen molar-refractivity contribution < 1.29 is 8.42 Å². The van der Waals surface area contributed by atoms with E-state index in [4.69, 9.17) is 0 Å². The number of thiophene rings is 1. The zero-order chi connectivity index (χ0) is 17.0. The van der Waals surface area contributed by atoms with Crippen LogP contribution in [0.5, 0.6) is 0 Å². The molecule has 0 atom stereocenters. The van der Waals surface area contributed by atoms with Crippen molar-refractivity contribution in [3.63, 3.8) is 0 Å². The average Bonchev–Trinajstić information content (AvgIpc) is 3.07. The summed E-state index contributed by atoms with van der Waals surface area (Å²) in [5.41, 5.74) is 3.59. The summed E-state index contributed by atoms with van der Waals surface area (Å²) in [6.45, 7) is 2.21. The molecule has 0 spiro atoms. The van der Waals surface area contributed by atoms with E-state index in [-0.39, 0.29) is 12.3 Å². The lowest BCUT2D eigenvalue weighted by Crippen LogP contribution is -2.24. The van der Waals surface area contributed by atoms with Crippen LogP contribution in [0.4, 0.5) is 0 Å². The summed E-state index contributed by atoms with van der Waals surface area (Å²) in [4.78, 5) is 5.41. The molecule has 0 unspecified atom stereocenters. The fraction of sp³-hybridized carbons (Fsp3) is 0.167. The Labute approximate surface area is 146 Å². The molecule has 124 valence electrons. The molecule has 0 saturated heterocycles. The smallest absolute Gasteiger partial charge is 0.216 e. The standard InChI is InChI=1S/C18H18N2O2S2/c1-14-4-2-5-16(10-14)13-24(21,22)20-12-15-7-8-19-17(11-15)18-6-3-9-23-18/h2-11,20H,12-13H2,1H3. The molecule has 0 aliphatic carbocycles. The highest BCUT2D eigenvalue weighted by molar-refractivity contribution is 7.88. The minimum Gasteiger partial charge on any atom is -0.255 e. The molecule has 0 aliphatic heterocycles. The first kappa shape index (κ1) is 16.8. The van der Waals surface area contributed by atoms with Crippen LogP contribution in [0.2, 0.25) is 0 Å². The van der Waals surface area contributed by atoms with Crippen molar-refractivity contribution in [2.75, 3.05) is 0 Å². The summed E-state index contributed by atoms with van der Waals surface area (Å²) >= 11 is 1.61. The Morgan fingerprint density at radius 1 is 1.08 bits per heavy atom. The monoisotopic (exact) mass is 358 g/mol. The van der Waals surface area contributed by atoms with Gasteiger partial charge in [0, 0.05) is 12.7 Å². The molecule has 2 heterocycles. The molecule has 0 amide bonds. The lowest BCUT2D eigenvalue weighted by atomic mass is 10.2. The maximum atomic E-state index is 12.3. The maximum Gasteiger partial charge on any atom is 0.216 e. The van der Waals surface area contributed by atoms with Gasteiger partial charge >= 0.3 is 0 Å². The van der Waals surface area contributed by atoms with Gasteiger partial charge in [0.05, 0.1) is 16.3 Å². The molecule has 0 saturated carbocycles. The van der Waals surface area contributed by atoms with Crippen molar-refractivity contribution in [3.05, 3.63) is 76.8 Å². The number of rotatable bonds is 6. The van der Waals surface area contributed by atoms with Gasteiger partial charge in [-0.15, -0.1) is 11.3 Å². The fourth-order valence-electron chi connectivity index (χ4n) is 2.41. The van der Waals surface area contributed by atoms with Gasteiger partial charge in [-0.05, 0) is 41.6 Å². The van der Waals surface area contributed by atoms with E-state index in [1.54, 1.807) is 17.5 Å². The number of aryl methyl sites for hydroxylation is 1. The van der Waals surface area contributed by atoms with E-state index < -0.39 is 10.0 Å². The van der Waals surface area contributed by atoms with Crippen molar-refractivity contribution in [3.8, 4) is 10.6 Å². The summed E-state index contributed by atoms with van der Waals surface area (Å²) in [5.74, 6) is -0.0163. The third kappa shape index (κ3) is 4.50. The summed E-state index contributed by atoms with van der Waals surface area (Å²) in [6, 6.07) is 15.3. The average molecular weight is 358 g/mol. The van der Waals surface area contributed by atoms with E-state index in [1.807, 2.05) is 60.8 Å². The van der Waals surface area contributed by atoms with E-state index in [2.05, 4.69) is 9.71 Å². The lowest BCUT2D eigenvalue weighted by Gasteiger charge is -2.08. The van der Waals surface area contributed by atoms with Gasteiger partial charge in [0.1, 0.15) is 0 Å². The first-order valence-electron chi connectivity index (χ1n) is 7.53. The Balaban J connectivity index is 1.67. The molecule has 3 rings (SSSR count). The molecule has 2 aromatic heterocycles. The van der Waals surface area contributed by atoms with Gasteiger partial charge in [0.25, 0.3) is 0 Å². The van der Waals surface area contributed by atoms with Crippen LogP contribution < -0.4 is 4.72 Å². The van der Waals surface area contributed by atoms with Gasteiger partial charge in [-0.3, -0.25) is 4.98 Å². The van der Waals surface area contributed by atoms with E-state index in [9.17, 15) is 8.42 Å². The van der Waals surface area contributed by atoms with Gasteiger partial charge in [0.15, 0.2) is 0 Å². The highest BCUT2D eigenvalue weighted by Gasteiger charge is 2.12. The number of nitrogens with zero attached hydrogens (tertiary/aromatic N) is 1. The van der Waals surface area contributed by atoms with Crippen LogP contribution in [-0.4, -0.2) is 13.4 Å². The predicted molar refractivity (Wildman–Crippen MR) is 98.2 cm³/mol. The lowest BCUT2D eigenvalue weighted by molar-refractivity contribution is 0.580. The number of sulfonamides is 1. The largest absolute Gasteiger partial charge is 0.255 e. The molecule has 3 aromatic rings. The highest BCUT2D eigenvalue weighted by atomic mass is 32.2. The normalized spacial score (nSPS) is 11.5. The molecule has 0 aliphatic rings. The van der Waals surface area contributed by atoms with Gasteiger partial charge in [-0.1, -0.05) is 35.9 Å². The topological polar surface area (TPSA) is 59.1 Å². The number of pyridine rings is 1. The van der Waals surface area contributed by atoms with Crippen LogP contribution in [0.25, 0.3) is 10.6 Å². The minimum absolute atomic E-state index is 0.0163. The van der Waals surface area contributed by atoms with Crippen molar-refractivity contribution in [2.45, 2.75) is 19.2 Å². The second-order valence-corrected chi connectivity index (χ2v) is 8.35. The SMILES string of the molecule is Cc1cccc(CS(=O)(=O)NCc2ccnc(-c3cccs3)c2)c1. The summed E-state index contributed by atoms with van der Waals surface area (Å²) < 4.78 is 27.2. The van der Waals surface area contributed by atoms with E-state index >= 15 is 0 Å². The Bertz CT molecular complexity index is 920. The van der Waals surface area contributed by atoms with Crippen LogP contribution in [-0.2, 0) is 22.3 Å². The summed E-state index contributed by atoms with van der Waals surface area (Å²) in [6.07, 6.45) is 1.71. The first-order valence-corrected chi connectivity index (χ1v) is 10.1. The van der Waals surface area contributed by atoms with Crippen LogP contribution >= 0.6 is 11.3 Å². The number of benzene rings is 1. The quantitative estimate of drug-likeness (QED) is 0.730. The zero-order valence-electron chi connectivity index (χ0n) is 13.3. The minimum atomic E-state index is -3.38. The Kier molecular flexibility index (Phi) is 5.08. The Morgan fingerprint density at radius 2 is 1.96 bits per heavy atom. The third-order valence-corrected chi connectivity index (χ3v) is 5.72. The van der Waals surface area contributed by atoms with Crippen LogP contribution in [0, 0.1) is 6.92 Å². The summed E-state index contributed by atoms with van der Waals surface area (Å²) in [5, 5.41) is 1.99. The van der Waals surface area contributed by atoms with E-state index in [0.29, 0.717) is 0 Å². The van der Waals surface area contributed by atoms with Gasteiger partial charge in [-0.25, -0.2) is 13.1 Å². The predicted octanol–water partition coefficient (Wildman–Crippen LogP) is 3.74. The van der Waals surface area contributed by atoms with Crippen LogP contribution in [0.3, 0.4) is 0 Å². The third-order valence-electron chi connectivity index (χ3n) is 3.53. The second kappa shape index (κ2) is 7.25. The van der Waals surface area contributed by atoms with Crippen molar-refractivity contribution in [1.82, 2.24) is 9.71 Å². The van der Waals surface area contributed by atoms with Gasteiger partial charge in [-0.2, -0.15) is 0 Å². The molecule has 0 fully saturated rings. The number of nitrogens with one attached hydrogen (secondary N) is 1. The molecular formula is C18H18N2O2S2. The first-order chi connectivity index (χ1) is 11.5. The van der Waals surface area contributed by atoms with Crippen LogP contribution in [0.1, 0.15) is 16.7 Å². The fourth-order valence-corrected chi connectivity index (χ4v) is 4.21. The highest BCUT2D eigenvalue weighted by Crippen LogP contribution is 2.23. The molecule has 1 N–H and O–H groups in total. The molecule has 6 heteroatoms. The zero-order valence-corrected chi connectivity index (χ0v) is 14.9. The van der Waals surface area contributed by atoms with Crippen molar-refractivity contribution >= 4 is 21.4 Å². The molecule has 24 heavy (non-hydrogen) atoms. The molecule has 4 nitrogen and oxygen atoms in total. The van der Waals surface area contributed by atoms with E-state index in [0.717, 1.165) is 27.3 Å². The number of hydrogen-bond acceptors (Lipinski definition) is 4. The second-order valence-electron chi connectivity index (χ2n) is 5.60. The van der Waals surface area contributed by atoms with Crippen molar-refractivity contribution in [2.24, 2.45) is 0 Å². The number of hydrogen-bond donors (Lipinski definition) is 1. The molecule has 1 aromatic carbocycles.